The van der Waals surface area contributed by atoms with Gasteiger partial charge >= 0.3 is 0 Å². The van der Waals surface area contributed by atoms with E-state index in [0.29, 0.717) is 18.3 Å². The maximum Gasteiger partial charge on any atom is 0.191 e. The first-order chi connectivity index (χ1) is 9.16. The van der Waals surface area contributed by atoms with E-state index in [1.54, 1.807) is 11.8 Å². The molecule has 1 unspecified atom stereocenters. The van der Waals surface area contributed by atoms with Gasteiger partial charge in [0.15, 0.2) is 5.16 Å². The highest BCUT2D eigenvalue weighted by Gasteiger charge is 2.16. The number of fused-ring (bicyclic) bond motifs is 1. The van der Waals surface area contributed by atoms with Gasteiger partial charge in [0.05, 0.1) is 6.10 Å². The Morgan fingerprint density at radius 1 is 1.32 bits per heavy atom. The second kappa shape index (κ2) is 7.26. The van der Waals surface area contributed by atoms with Crippen LogP contribution in [0, 0.1) is 0 Å². The Bertz CT molecular complexity index is 394. The van der Waals surface area contributed by atoms with E-state index >= 15 is 0 Å². The van der Waals surface area contributed by atoms with Crippen molar-refractivity contribution in [2.75, 3.05) is 12.3 Å². The summed E-state index contributed by atoms with van der Waals surface area (Å²) in [5.41, 5.74) is 0. The lowest BCUT2D eigenvalue weighted by Gasteiger charge is -2.13. The highest BCUT2D eigenvalue weighted by molar-refractivity contribution is 7.99. The van der Waals surface area contributed by atoms with Crippen LogP contribution in [0.25, 0.3) is 0 Å². The summed E-state index contributed by atoms with van der Waals surface area (Å²) in [4.78, 5) is 0. The molecule has 0 fully saturated rings. The summed E-state index contributed by atoms with van der Waals surface area (Å²) < 4.78 is 2.22. The number of thioether (sulfide) groups is 1. The minimum Gasteiger partial charge on any atom is -0.391 e. The zero-order valence-electron chi connectivity index (χ0n) is 11.8. The molecule has 0 bridgehead atoms. The normalized spacial score (nSPS) is 17.3. The Labute approximate surface area is 119 Å². The quantitative estimate of drug-likeness (QED) is 0.774. The van der Waals surface area contributed by atoms with E-state index in [4.69, 9.17) is 0 Å². The van der Waals surface area contributed by atoms with Crippen LogP contribution in [-0.2, 0) is 13.0 Å². The number of nitrogens with zero attached hydrogens (tertiary/aromatic N) is 3. The lowest BCUT2D eigenvalue weighted by molar-refractivity contribution is 0.192. The monoisotopic (exact) mass is 284 g/mol. The summed E-state index contributed by atoms with van der Waals surface area (Å²) in [5, 5.41) is 22.6. The molecule has 1 aliphatic rings. The Balaban J connectivity index is 1.84. The Hall–Kier alpha value is -0.590. The third kappa shape index (κ3) is 4.47. The Morgan fingerprint density at radius 3 is 2.95 bits per heavy atom. The van der Waals surface area contributed by atoms with Crippen LogP contribution in [0.15, 0.2) is 5.16 Å². The molecule has 108 valence electrons. The fourth-order valence-electron chi connectivity index (χ4n) is 2.17. The summed E-state index contributed by atoms with van der Waals surface area (Å²) in [6, 6.07) is 0.406. The van der Waals surface area contributed by atoms with E-state index in [0.717, 1.165) is 23.9 Å². The number of hydrogen-bond acceptors (Lipinski definition) is 5. The predicted octanol–water partition coefficient (Wildman–Crippen LogP) is 1.46. The van der Waals surface area contributed by atoms with Crippen molar-refractivity contribution < 1.29 is 5.11 Å². The molecule has 5 nitrogen and oxygen atoms in total. The fraction of sp³-hybridized carbons (Fsp3) is 0.846. The summed E-state index contributed by atoms with van der Waals surface area (Å²) in [5.74, 6) is 1.77. The van der Waals surface area contributed by atoms with Crippen molar-refractivity contribution in [1.29, 1.82) is 0 Å². The van der Waals surface area contributed by atoms with Crippen molar-refractivity contribution in [1.82, 2.24) is 20.1 Å². The van der Waals surface area contributed by atoms with Crippen molar-refractivity contribution in [3.05, 3.63) is 5.82 Å². The molecule has 1 aromatic rings. The number of nitrogens with one attached hydrogen (secondary N) is 1. The molecule has 0 saturated heterocycles. The molecule has 0 saturated carbocycles. The van der Waals surface area contributed by atoms with E-state index in [2.05, 4.69) is 33.9 Å². The second-order valence-corrected chi connectivity index (χ2v) is 6.38. The van der Waals surface area contributed by atoms with Crippen LogP contribution in [0.3, 0.4) is 0 Å². The van der Waals surface area contributed by atoms with Crippen LogP contribution in [-0.4, -0.2) is 44.3 Å². The molecule has 1 atom stereocenters. The first kappa shape index (κ1) is 14.8. The first-order valence-corrected chi connectivity index (χ1v) is 8.11. The molecule has 2 heterocycles. The van der Waals surface area contributed by atoms with Crippen molar-refractivity contribution in [2.24, 2.45) is 0 Å². The van der Waals surface area contributed by atoms with E-state index in [1.165, 1.54) is 19.3 Å². The number of hydrogen-bond donors (Lipinski definition) is 2. The SMILES string of the molecule is CC(C)NCC(O)CSc1nnc2n1CCCCC2. The van der Waals surface area contributed by atoms with Gasteiger partial charge in [0.1, 0.15) is 5.82 Å². The largest absolute Gasteiger partial charge is 0.391 e. The van der Waals surface area contributed by atoms with E-state index < -0.39 is 0 Å². The zero-order chi connectivity index (χ0) is 13.7. The van der Waals surface area contributed by atoms with Crippen LogP contribution < -0.4 is 5.32 Å². The number of aliphatic hydroxyl groups is 1. The van der Waals surface area contributed by atoms with Gasteiger partial charge in [0.25, 0.3) is 0 Å². The molecule has 2 rings (SSSR count). The Morgan fingerprint density at radius 2 is 2.16 bits per heavy atom. The molecule has 6 heteroatoms. The number of aromatic nitrogens is 3. The van der Waals surface area contributed by atoms with Gasteiger partial charge in [0, 0.05) is 31.3 Å². The average molecular weight is 284 g/mol. The van der Waals surface area contributed by atoms with Gasteiger partial charge in [-0.3, -0.25) is 0 Å². The van der Waals surface area contributed by atoms with Gasteiger partial charge in [-0.05, 0) is 12.8 Å². The number of aliphatic hydroxyl groups excluding tert-OH is 1. The minimum absolute atomic E-state index is 0.342. The van der Waals surface area contributed by atoms with Gasteiger partial charge in [-0.1, -0.05) is 32.0 Å². The maximum absolute atomic E-state index is 9.92. The summed E-state index contributed by atoms with van der Waals surface area (Å²) in [7, 11) is 0. The van der Waals surface area contributed by atoms with Crippen molar-refractivity contribution >= 4 is 11.8 Å². The fourth-order valence-corrected chi connectivity index (χ4v) is 3.08. The smallest absolute Gasteiger partial charge is 0.191 e. The summed E-state index contributed by atoms with van der Waals surface area (Å²) in [6.07, 6.45) is 4.38. The van der Waals surface area contributed by atoms with Gasteiger partial charge < -0.3 is 15.0 Å². The minimum atomic E-state index is -0.342. The van der Waals surface area contributed by atoms with Crippen LogP contribution in [0.5, 0.6) is 0 Å². The summed E-state index contributed by atoms with van der Waals surface area (Å²) >= 11 is 1.61. The van der Waals surface area contributed by atoms with Gasteiger partial charge in [0.2, 0.25) is 0 Å². The van der Waals surface area contributed by atoms with E-state index in [9.17, 15) is 5.11 Å². The highest BCUT2D eigenvalue weighted by Crippen LogP contribution is 2.22. The van der Waals surface area contributed by atoms with Crippen molar-refractivity contribution in [3.63, 3.8) is 0 Å². The van der Waals surface area contributed by atoms with E-state index in [1.807, 2.05) is 0 Å². The molecule has 0 aromatic carbocycles. The molecule has 1 aliphatic heterocycles. The molecule has 0 radical (unpaired) electrons. The topological polar surface area (TPSA) is 63.0 Å². The molecule has 1 aromatic heterocycles. The number of aryl methyl sites for hydroxylation is 1. The van der Waals surface area contributed by atoms with Gasteiger partial charge in [-0.25, -0.2) is 0 Å². The van der Waals surface area contributed by atoms with E-state index in [-0.39, 0.29) is 6.10 Å². The second-order valence-electron chi connectivity index (χ2n) is 5.39. The first-order valence-electron chi connectivity index (χ1n) is 7.13. The molecular weight excluding hydrogens is 260 g/mol. The van der Waals surface area contributed by atoms with Crippen molar-refractivity contribution in [2.45, 2.75) is 63.4 Å². The van der Waals surface area contributed by atoms with Crippen LogP contribution in [0.1, 0.15) is 38.9 Å². The molecule has 2 N–H and O–H groups in total. The molecule has 0 amide bonds. The average Bonchev–Trinajstić information content (AvgIpc) is 2.61. The van der Waals surface area contributed by atoms with Crippen molar-refractivity contribution in [3.8, 4) is 0 Å². The molecule has 19 heavy (non-hydrogen) atoms. The zero-order valence-corrected chi connectivity index (χ0v) is 12.6. The van der Waals surface area contributed by atoms with Crippen LogP contribution in [0.4, 0.5) is 0 Å². The summed E-state index contributed by atoms with van der Waals surface area (Å²) in [6.45, 7) is 5.81. The number of rotatable bonds is 6. The van der Waals surface area contributed by atoms with Gasteiger partial charge in [-0.15, -0.1) is 10.2 Å². The predicted molar refractivity (Wildman–Crippen MR) is 77.4 cm³/mol. The lowest BCUT2D eigenvalue weighted by Crippen LogP contribution is -2.33. The standard InChI is InChI=1S/C13H24N4OS/c1-10(2)14-8-11(18)9-19-13-16-15-12-6-4-3-5-7-17(12)13/h10-11,14,18H,3-9H2,1-2H3. The van der Waals surface area contributed by atoms with Crippen LogP contribution >= 0.6 is 11.8 Å². The highest BCUT2D eigenvalue weighted by atomic mass is 32.2. The third-order valence-electron chi connectivity index (χ3n) is 3.24. The molecule has 0 spiro atoms. The maximum atomic E-state index is 9.92. The third-order valence-corrected chi connectivity index (χ3v) is 4.35. The molecular formula is C13H24N4OS. The van der Waals surface area contributed by atoms with Crippen LogP contribution in [0.2, 0.25) is 0 Å². The lowest BCUT2D eigenvalue weighted by atomic mass is 10.2. The van der Waals surface area contributed by atoms with Gasteiger partial charge in [-0.2, -0.15) is 0 Å². The Kier molecular flexibility index (Phi) is 5.66. The molecule has 0 aliphatic carbocycles.